The first-order valence-corrected chi connectivity index (χ1v) is 7.58. The molecule has 1 aromatic heterocycles. The van der Waals surface area contributed by atoms with E-state index < -0.39 is 0 Å². The van der Waals surface area contributed by atoms with Gasteiger partial charge in [-0.05, 0) is 37.0 Å². The summed E-state index contributed by atoms with van der Waals surface area (Å²) in [6, 6.07) is 7.04. The summed E-state index contributed by atoms with van der Waals surface area (Å²) < 4.78 is 5.37. The van der Waals surface area contributed by atoms with Crippen LogP contribution in [0.15, 0.2) is 34.9 Å². The highest BCUT2D eigenvalue weighted by Crippen LogP contribution is 2.22. The van der Waals surface area contributed by atoms with Gasteiger partial charge in [0, 0.05) is 24.4 Å². The van der Waals surface area contributed by atoms with Gasteiger partial charge < -0.3 is 20.2 Å². The molecule has 0 atom stereocenters. The molecule has 0 aliphatic carbocycles. The van der Waals surface area contributed by atoms with Crippen LogP contribution in [0, 0.1) is 12.3 Å². The lowest BCUT2D eigenvalue weighted by Crippen LogP contribution is -2.37. The van der Waals surface area contributed by atoms with Crippen molar-refractivity contribution in [3.05, 3.63) is 36.2 Å². The molecular weight excluding hydrogens is 294 g/mol. The van der Waals surface area contributed by atoms with Crippen LogP contribution in [0.3, 0.4) is 0 Å². The molecule has 3 N–H and O–H groups in total. The van der Waals surface area contributed by atoms with Crippen LogP contribution < -0.4 is 10.6 Å². The summed E-state index contributed by atoms with van der Waals surface area (Å²) in [5.74, 6) is 0.524. The van der Waals surface area contributed by atoms with Gasteiger partial charge in [0.25, 0.3) is 0 Å². The van der Waals surface area contributed by atoms with Crippen LogP contribution in [-0.4, -0.2) is 29.3 Å². The van der Waals surface area contributed by atoms with Crippen LogP contribution in [-0.2, 0) is 0 Å². The molecule has 0 spiro atoms. The van der Waals surface area contributed by atoms with Gasteiger partial charge in [-0.3, -0.25) is 0 Å². The first kappa shape index (κ1) is 17.0. The lowest BCUT2D eigenvalue weighted by Gasteiger charge is -2.23. The molecule has 124 valence electrons. The van der Waals surface area contributed by atoms with Crippen molar-refractivity contribution in [2.24, 2.45) is 5.41 Å². The Kier molecular flexibility index (Phi) is 5.39. The maximum atomic E-state index is 12.0. The van der Waals surface area contributed by atoms with Crippen molar-refractivity contribution >= 4 is 11.7 Å². The highest BCUT2D eigenvalue weighted by molar-refractivity contribution is 5.89. The summed E-state index contributed by atoms with van der Waals surface area (Å²) in [4.78, 5) is 16.3. The van der Waals surface area contributed by atoms with E-state index >= 15 is 0 Å². The molecule has 0 bridgehead atoms. The van der Waals surface area contributed by atoms with Gasteiger partial charge >= 0.3 is 6.03 Å². The Balaban J connectivity index is 1.96. The smallest absolute Gasteiger partial charge is 0.319 e. The van der Waals surface area contributed by atoms with E-state index in [0.717, 1.165) is 11.3 Å². The van der Waals surface area contributed by atoms with Gasteiger partial charge in [-0.1, -0.05) is 19.9 Å². The number of carbonyl (C=O) groups excluding carboxylic acids is 1. The number of aryl methyl sites for hydroxylation is 1. The van der Waals surface area contributed by atoms with Gasteiger partial charge in [0.1, 0.15) is 6.26 Å². The van der Waals surface area contributed by atoms with Gasteiger partial charge in [0.15, 0.2) is 0 Å². The average Bonchev–Trinajstić information content (AvgIpc) is 2.92. The Morgan fingerprint density at radius 3 is 2.83 bits per heavy atom. The van der Waals surface area contributed by atoms with Crippen LogP contribution in [0.2, 0.25) is 0 Å². The Morgan fingerprint density at radius 2 is 2.17 bits per heavy atom. The number of nitrogens with one attached hydrogen (secondary N) is 2. The zero-order valence-electron chi connectivity index (χ0n) is 13.7. The topological polar surface area (TPSA) is 87.4 Å². The van der Waals surface area contributed by atoms with E-state index in [1.807, 2.05) is 39.0 Å². The summed E-state index contributed by atoms with van der Waals surface area (Å²) in [5.41, 5.74) is 2.12. The van der Waals surface area contributed by atoms with E-state index in [1.165, 1.54) is 0 Å². The number of oxazole rings is 1. The summed E-state index contributed by atoms with van der Waals surface area (Å²) in [5, 5.41) is 14.6. The lowest BCUT2D eigenvalue weighted by molar-refractivity contribution is 0.204. The second-order valence-electron chi connectivity index (χ2n) is 6.32. The molecule has 6 heteroatoms. The molecule has 0 aliphatic rings. The number of nitrogens with zero attached hydrogens (tertiary/aromatic N) is 1. The van der Waals surface area contributed by atoms with Crippen LogP contribution >= 0.6 is 0 Å². The maximum Gasteiger partial charge on any atom is 0.319 e. The zero-order chi connectivity index (χ0) is 16.9. The maximum absolute atomic E-state index is 12.0. The van der Waals surface area contributed by atoms with Gasteiger partial charge in [0.05, 0.1) is 5.69 Å². The number of urea groups is 1. The van der Waals surface area contributed by atoms with Gasteiger partial charge in [-0.25, -0.2) is 9.78 Å². The SMILES string of the molecule is Cc1coc(-c2cccc(NC(=O)NCC(C)(C)CCO)c2)n1. The number of carbonyl (C=O) groups is 1. The molecule has 2 amide bonds. The molecule has 0 radical (unpaired) electrons. The Bertz CT molecular complexity index is 665. The lowest BCUT2D eigenvalue weighted by atomic mass is 9.90. The third-order valence-electron chi connectivity index (χ3n) is 3.50. The monoisotopic (exact) mass is 317 g/mol. The van der Waals surface area contributed by atoms with Crippen molar-refractivity contribution in [1.29, 1.82) is 0 Å². The third kappa shape index (κ3) is 5.10. The van der Waals surface area contributed by atoms with Crippen molar-refractivity contribution < 1.29 is 14.3 Å². The predicted octanol–water partition coefficient (Wildman–Crippen LogP) is 3.18. The normalized spacial score (nSPS) is 11.3. The quantitative estimate of drug-likeness (QED) is 0.763. The number of benzene rings is 1. The minimum Gasteiger partial charge on any atom is -0.444 e. The van der Waals surface area contributed by atoms with Gasteiger partial charge in [0.2, 0.25) is 5.89 Å². The Hall–Kier alpha value is -2.34. The Morgan fingerprint density at radius 1 is 1.39 bits per heavy atom. The molecule has 2 rings (SSSR count). The minimum atomic E-state index is -0.281. The number of hydrogen-bond acceptors (Lipinski definition) is 4. The number of aliphatic hydroxyl groups is 1. The fourth-order valence-electron chi connectivity index (χ4n) is 2.10. The zero-order valence-corrected chi connectivity index (χ0v) is 13.7. The molecule has 0 saturated carbocycles. The highest BCUT2D eigenvalue weighted by atomic mass is 16.3. The Labute approximate surface area is 135 Å². The molecule has 0 aliphatic heterocycles. The first-order chi connectivity index (χ1) is 10.9. The van der Waals surface area contributed by atoms with E-state index in [2.05, 4.69) is 15.6 Å². The number of aliphatic hydroxyl groups excluding tert-OH is 1. The summed E-state index contributed by atoms with van der Waals surface area (Å²) in [7, 11) is 0. The second-order valence-corrected chi connectivity index (χ2v) is 6.32. The van der Waals surface area contributed by atoms with E-state index in [9.17, 15) is 4.79 Å². The van der Waals surface area contributed by atoms with Crippen LogP contribution in [0.25, 0.3) is 11.5 Å². The molecule has 2 aromatic rings. The summed E-state index contributed by atoms with van der Waals surface area (Å²) >= 11 is 0. The summed E-state index contributed by atoms with van der Waals surface area (Å²) in [6.07, 6.45) is 2.22. The standard InChI is InChI=1S/C17H23N3O3/c1-12-10-23-15(19-12)13-5-4-6-14(9-13)20-16(22)18-11-17(2,3)7-8-21/h4-6,9-10,21H,7-8,11H2,1-3H3,(H2,18,20,22). The van der Waals surface area contributed by atoms with E-state index in [-0.39, 0.29) is 18.1 Å². The molecule has 0 fully saturated rings. The van der Waals surface area contributed by atoms with Crippen molar-refractivity contribution in [1.82, 2.24) is 10.3 Å². The van der Waals surface area contributed by atoms with Crippen molar-refractivity contribution in [2.75, 3.05) is 18.5 Å². The fraction of sp³-hybridized carbons (Fsp3) is 0.412. The van der Waals surface area contributed by atoms with E-state index in [0.29, 0.717) is 24.5 Å². The molecule has 1 aromatic carbocycles. The largest absolute Gasteiger partial charge is 0.444 e. The van der Waals surface area contributed by atoms with Crippen LogP contribution in [0.4, 0.5) is 10.5 Å². The van der Waals surface area contributed by atoms with Gasteiger partial charge in [-0.15, -0.1) is 0 Å². The second kappa shape index (κ2) is 7.28. The van der Waals surface area contributed by atoms with E-state index in [1.54, 1.807) is 12.3 Å². The van der Waals surface area contributed by atoms with Crippen molar-refractivity contribution in [2.45, 2.75) is 27.2 Å². The fourth-order valence-corrected chi connectivity index (χ4v) is 2.10. The number of hydrogen-bond donors (Lipinski definition) is 3. The highest BCUT2D eigenvalue weighted by Gasteiger charge is 2.18. The molecule has 1 heterocycles. The first-order valence-electron chi connectivity index (χ1n) is 7.58. The van der Waals surface area contributed by atoms with E-state index in [4.69, 9.17) is 9.52 Å². The third-order valence-corrected chi connectivity index (χ3v) is 3.50. The molecule has 0 unspecified atom stereocenters. The molecule has 0 saturated heterocycles. The number of rotatable bonds is 6. The number of anilines is 1. The number of aromatic nitrogens is 1. The minimum absolute atomic E-state index is 0.105. The average molecular weight is 317 g/mol. The molecule has 23 heavy (non-hydrogen) atoms. The van der Waals surface area contributed by atoms with Gasteiger partial charge in [-0.2, -0.15) is 0 Å². The molecule has 6 nitrogen and oxygen atoms in total. The molecular formula is C17H23N3O3. The van der Waals surface area contributed by atoms with Crippen LogP contribution in [0.5, 0.6) is 0 Å². The van der Waals surface area contributed by atoms with Crippen LogP contribution in [0.1, 0.15) is 26.0 Å². The summed E-state index contributed by atoms with van der Waals surface area (Å²) in [6.45, 7) is 6.44. The van der Waals surface area contributed by atoms with Crippen molar-refractivity contribution in [3.63, 3.8) is 0 Å². The predicted molar refractivity (Wildman–Crippen MR) is 89.2 cm³/mol. The number of amides is 2. The van der Waals surface area contributed by atoms with Crippen molar-refractivity contribution in [3.8, 4) is 11.5 Å².